The summed E-state index contributed by atoms with van der Waals surface area (Å²) in [5.74, 6) is 3.43. The zero-order valence-electron chi connectivity index (χ0n) is 14.1. The molecule has 0 spiro atoms. The zero-order valence-corrected chi connectivity index (χ0v) is 14.1. The summed E-state index contributed by atoms with van der Waals surface area (Å²) in [5.41, 5.74) is 0.952. The summed E-state index contributed by atoms with van der Waals surface area (Å²) in [6.45, 7) is 6.05. The molecule has 1 saturated carbocycles. The Hall–Kier alpha value is -2.08. The van der Waals surface area contributed by atoms with Crippen LogP contribution in [0.25, 0.3) is 0 Å². The van der Waals surface area contributed by atoms with E-state index in [-0.39, 0.29) is 11.8 Å². The van der Waals surface area contributed by atoms with Gasteiger partial charge >= 0.3 is 0 Å². The van der Waals surface area contributed by atoms with E-state index in [1.165, 1.54) is 6.42 Å². The Morgan fingerprint density at radius 2 is 2.25 bits per heavy atom. The molecule has 128 valence electrons. The highest BCUT2D eigenvalue weighted by Crippen LogP contribution is 2.26. The van der Waals surface area contributed by atoms with E-state index in [1.807, 2.05) is 19.1 Å². The number of fused-ring (bicyclic) bond motifs is 1. The van der Waals surface area contributed by atoms with Gasteiger partial charge in [0, 0.05) is 25.2 Å². The molecule has 0 aromatic carbocycles. The van der Waals surface area contributed by atoms with Crippen molar-refractivity contribution in [2.45, 2.75) is 52.4 Å². The summed E-state index contributed by atoms with van der Waals surface area (Å²) in [6, 6.07) is 4.04. The minimum Gasteiger partial charge on any atom is -0.465 e. The molecule has 6 heteroatoms. The van der Waals surface area contributed by atoms with Gasteiger partial charge in [-0.05, 0) is 31.9 Å². The van der Waals surface area contributed by atoms with E-state index in [0.717, 1.165) is 62.1 Å². The highest BCUT2D eigenvalue weighted by atomic mass is 16.3. The van der Waals surface area contributed by atoms with Crippen molar-refractivity contribution in [3.63, 3.8) is 0 Å². The number of nitrogens with zero attached hydrogens (tertiary/aromatic N) is 3. The first kappa shape index (κ1) is 15.4. The van der Waals surface area contributed by atoms with Crippen LogP contribution in [0.5, 0.6) is 0 Å². The number of hydrogen-bond acceptors (Lipinski definition) is 4. The summed E-state index contributed by atoms with van der Waals surface area (Å²) < 4.78 is 7.87. The Balaban J connectivity index is 1.34. The number of carbonyl (C=O) groups is 1. The first-order valence-electron chi connectivity index (χ1n) is 8.78. The summed E-state index contributed by atoms with van der Waals surface area (Å²) in [5, 5.41) is 3.02. The standard InChI is InChI=1S/C18H24N4O2/c1-13-5-6-16(24-13)11-21-7-8-22-10-15(20-17(22)12-21)9-19-18(23)14-3-2-4-14/h5-6,10,14H,2-4,7-9,11-12H2,1H3,(H,19,23). The summed E-state index contributed by atoms with van der Waals surface area (Å²) >= 11 is 0. The van der Waals surface area contributed by atoms with Crippen molar-refractivity contribution in [2.75, 3.05) is 6.54 Å². The Labute approximate surface area is 141 Å². The number of furan rings is 1. The number of imidazole rings is 1. The summed E-state index contributed by atoms with van der Waals surface area (Å²) in [7, 11) is 0. The fourth-order valence-corrected chi connectivity index (χ4v) is 3.36. The van der Waals surface area contributed by atoms with Crippen LogP contribution in [0.15, 0.2) is 22.7 Å². The molecule has 1 N–H and O–H groups in total. The lowest BCUT2D eigenvalue weighted by molar-refractivity contribution is -0.127. The maximum absolute atomic E-state index is 11.9. The molecule has 0 saturated heterocycles. The van der Waals surface area contributed by atoms with Crippen molar-refractivity contribution in [1.82, 2.24) is 19.8 Å². The molecule has 2 aliphatic rings. The average Bonchev–Trinajstić information content (AvgIpc) is 3.09. The van der Waals surface area contributed by atoms with Gasteiger partial charge in [-0.1, -0.05) is 6.42 Å². The molecular weight excluding hydrogens is 304 g/mol. The van der Waals surface area contributed by atoms with Gasteiger partial charge in [0.05, 0.1) is 25.3 Å². The molecule has 1 aliphatic heterocycles. The molecule has 6 nitrogen and oxygen atoms in total. The third-order valence-electron chi connectivity index (χ3n) is 5.03. The van der Waals surface area contributed by atoms with Crippen molar-refractivity contribution in [1.29, 1.82) is 0 Å². The minimum absolute atomic E-state index is 0.182. The van der Waals surface area contributed by atoms with Gasteiger partial charge in [-0.2, -0.15) is 0 Å². The van der Waals surface area contributed by atoms with Gasteiger partial charge in [0.15, 0.2) is 0 Å². The van der Waals surface area contributed by atoms with E-state index in [4.69, 9.17) is 9.40 Å². The monoisotopic (exact) mass is 328 g/mol. The second kappa shape index (κ2) is 6.43. The second-order valence-corrected chi connectivity index (χ2v) is 6.91. The number of amides is 1. The first-order valence-corrected chi connectivity index (χ1v) is 8.78. The zero-order chi connectivity index (χ0) is 16.5. The molecule has 24 heavy (non-hydrogen) atoms. The number of hydrogen-bond donors (Lipinski definition) is 1. The van der Waals surface area contributed by atoms with Crippen LogP contribution in [-0.4, -0.2) is 26.9 Å². The van der Waals surface area contributed by atoms with Crippen LogP contribution in [-0.2, 0) is 31.0 Å². The van der Waals surface area contributed by atoms with Crippen molar-refractivity contribution in [3.8, 4) is 0 Å². The van der Waals surface area contributed by atoms with Crippen LogP contribution >= 0.6 is 0 Å². The van der Waals surface area contributed by atoms with Gasteiger partial charge in [-0.25, -0.2) is 4.98 Å². The molecule has 3 heterocycles. The van der Waals surface area contributed by atoms with Gasteiger partial charge in [0.2, 0.25) is 5.91 Å². The number of carbonyl (C=O) groups excluding carboxylic acids is 1. The molecule has 2 aromatic heterocycles. The van der Waals surface area contributed by atoms with E-state index in [9.17, 15) is 4.79 Å². The quantitative estimate of drug-likeness (QED) is 0.914. The Kier molecular flexibility index (Phi) is 4.14. The number of nitrogens with one attached hydrogen (secondary N) is 1. The highest BCUT2D eigenvalue weighted by molar-refractivity contribution is 5.79. The number of aryl methyl sites for hydroxylation is 1. The molecule has 1 fully saturated rings. The van der Waals surface area contributed by atoms with Crippen molar-refractivity contribution in [2.24, 2.45) is 5.92 Å². The predicted octanol–water partition coefficient (Wildman–Crippen LogP) is 2.22. The van der Waals surface area contributed by atoms with Crippen LogP contribution in [0.3, 0.4) is 0 Å². The summed E-state index contributed by atoms with van der Waals surface area (Å²) in [6.07, 6.45) is 5.33. The largest absolute Gasteiger partial charge is 0.465 e. The average molecular weight is 328 g/mol. The van der Waals surface area contributed by atoms with E-state index >= 15 is 0 Å². The third-order valence-corrected chi connectivity index (χ3v) is 5.03. The van der Waals surface area contributed by atoms with Crippen molar-refractivity contribution < 1.29 is 9.21 Å². The topological polar surface area (TPSA) is 63.3 Å². The van der Waals surface area contributed by atoms with Gasteiger partial charge < -0.3 is 14.3 Å². The van der Waals surface area contributed by atoms with Crippen LogP contribution in [0.4, 0.5) is 0 Å². The third kappa shape index (κ3) is 3.24. The highest BCUT2D eigenvalue weighted by Gasteiger charge is 2.25. The molecular formula is C18H24N4O2. The lowest BCUT2D eigenvalue weighted by Crippen LogP contribution is -2.34. The molecule has 4 rings (SSSR count). The van der Waals surface area contributed by atoms with Gasteiger partial charge in [0.25, 0.3) is 0 Å². The fourth-order valence-electron chi connectivity index (χ4n) is 3.36. The molecule has 0 bridgehead atoms. The minimum atomic E-state index is 0.182. The van der Waals surface area contributed by atoms with Crippen molar-refractivity contribution in [3.05, 3.63) is 41.4 Å². The maximum Gasteiger partial charge on any atom is 0.223 e. The van der Waals surface area contributed by atoms with Crippen LogP contribution in [0.2, 0.25) is 0 Å². The van der Waals surface area contributed by atoms with Crippen LogP contribution in [0.1, 0.15) is 42.3 Å². The van der Waals surface area contributed by atoms with Gasteiger partial charge in [-0.3, -0.25) is 9.69 Å². The molecule has 1 amide bonds. The van der Waals surface area contributed by atoms with Gasteiger partial charge in [0.1, 0.15) is 17.3 Å². The second-order valence-electron chi connectivity index (χ2n) is 6.91. The molecule has 0 atom stereocenters. The van der Waals surface area contributed by atoms with Crippen molar-refractivity contribution >= 4 is 5.91 Å². The molecule has 1 aliphatic carbocycles. The van der Waals surface area contributed by atoms with Crippen LogP contribution in [0, 0.1) is 12.8 Å². The van der Waals surface area contributed by atoms with E-state index < -0.39 is 0 Å². The smallest absolute Gasteiger partial charge is 0.223 e. The first-order chi connectivity index (χ1) is 11.7. The predicted molar refractivity (Wildman–Crippen MR) is 89.0 cm³/mol. The number of aromatic nitrogens is 2. The maximum atomic E-state index is 11.9. The Morgan fingerprint density at radius 3 is 2.96 bits per heavy atom. The van der Waals surface area contributed by atoms with Gasteiger partial charge in [-0.15, -0.1) is 0 Å². The lowest BCUT2D eigenvalue weighted by Gasteiger charge is -2.26. The normalized spacial score (nSPS) is 18.2. The van der Waals surface area contributed by atoms with E-state index in [1.54, 1.807) is 0 Å². The number of rotatable bonds is 5. The molecule has 0 radical (unpaired) electrons. The Morgan fingerprint density at radius 1 is 1.38 bits per heavy atom. The molecule has 0 unspecified atom stereocenters. The molecule has 2 aromatic rings. The van der Waals surface area contributed by atoms with Crippen LogP contribution < -0.4 is 5.32 Å². The fraction of sp³-hybridized carbons (Fsp3) is 0.556. The SMILES string of the molecule is Cc1ccc(CN2CCn3cc(CNC(=O)C4CCC4)nc3C2)o1. The Bertz CT molecular complexity index is 729. The lowest BCUT2D eigenvalue weighted by atomic mass is 9.85. The van der Waals surface area contributed by atoms with E-state index in [2.05, 4.69) is 21.0 Å². The summed E-state index contributed by atoms with van der Waals surface area (Å²) in [4.78, 5) is 19.0. The van der Waals surface area contributed by atoms with E-state index in [0.29, 0.717) is 6.54 Å².